The zero-order valence-electron chi connectivity index (χ0n) is 18.7. The van der Waals surface area contributed by atoms with Crippen molar-refractivity contribution in [2.45, 2.75) is 39.7 Å². The predicted molar refractivity (Wildman–Crippen MR) is 116 cm³/mol. The van der Waals surface area contributed by atoms with Crippen molar-refractivity contribution in [3.8, 4) is 11.3 Å². The number of benzene rings is 1. The third kappa shape index (κ3) is 4.74. The summed E-state index contributed by atoms with van der Waals surface area (Å²) in [5.41, 5.74) is 1.43. The van der Waals surface area contributed by atoms with Gasteiger partial charge in [-0.1, -0.05) is 20.8 Å². The first-order chi connectivity index (χ1) is 15.0. The number of anilines is 1. The topological polar surface area (TPSA) is 99.5 Å². The SMILES string of the molecule is CN1CCCc2c1c(-c1ccc(F)c(F)c1)nn2C(=O)NC(C(=O)NCCO)C(C)(C)C. The Bertz CT molecular complexity index is 1020. The average Bonchev–Trinajstić information content (AvgIpc) is 3.12. The molecule has 10 heteroatoms. The number of aliphatic hydroxyl groups excluding tert-OH is 1. The molecule has 1 aliphatic heterocycles. The summed E-state index contributed by atoms with van der Waals surface area (Å²) in [6.07, 6.45) is 1.36. The van der Waals surface area contributed by atoms with Crippen LogP contribution in [0.5, 0.6) is 0 Å². The van der Waals surface area contributed by atoms with Crippen LogP contribution >= 0.6 is 0 Å². The number of amides is 2. The van der Waals surface area contributed by atoms with Gasteiger partial charge in [-0.2, -0.15) is 9.78 Å². The maximum atomic E-state index is 13.9. The predicted octanol–water partition coefficient (Wildman–Crippen LogP) is 2.29. The van der Waals surface area contributed by atoms with Crippen LogP contribution in [0.2, 0.25) is 0 Å². The van der Waals surface area contributed by atoms with E-state index < -0.39 is 35.0 Å². The second-order valence-electron chi connectivity index (χ2n) is 8.97. The molecule has 0 radical (unpaired) electrons. The lowest BCUT2D eigenvalue weighted by Crippen LogP contribution is -2.55. The number of nitrogens with zero attached hydrogens (tertiary/aromatic N) is 3. The number of hydrogen-bond donors (Lipinski definition) is 3. The van der Waals surface area contributed by atoms with Crippen molar-refractivity contribution in [3.05, 3.63) is 35.5 Å². The van der Waals surface area contributed by atoms with Crippen molar-refractivity contribution < 1.29 is 23.5 Å². The van der Waals surface area contributed by atoms with E-state index in [0.29, 0.717) is 29.1 Å². The van der Waals surface area contributed by atoms with Crippen molar-refractivity contribution in [1.29, 1.82) is 0 Å². The number of carbonyl (C=O) groups is 2. The summed E-state index contributed by atoms with van der Waals surface area (Å²) in [6.45, 7) is 6.03. The number of fused-ring (bicyclic) bond motifs is 1. The van der Waals surface area contributed by atoms with Crippen LogP contribution in [0.4, 0.5) is 19.3 Å². The summed E-state index contributed by atoms with van der Waals surface area (Å²) < 4.78 is 28.6. The monoisotopic (exact) mass is 449 g/mol. The summed E-state index contributed by atoms with van der Waals surface area (Å²) in [5, 5.41) is 18.8. The van der Waals surface area contributed by atoms with Gasteiger partial charge in [-0.15, -0.1) is 0 Å². The van der Waals surface area contributed by atoms with E-state index in [1.54, 1.807) is 0 Å². The maximum absolute atomic E-state index is 13.9. The van der Waals surface area contributed by atoms with Gasteiger partial charge in [0.05, 0.1) is 18.0 Å². The smallest absolute Gasteiger partial charge is 0.343 e. The molecule has 0 saturated carbocycles. The van der Waals surface area contributed by atoms with E-state index >= 15 is 0 Å². The highest BCUT2D eigenvalue weighted by Crippen LogP contribution is 2.37. The Kier molecular flexibility index (Phi) is 6.82. The molecule has 0 fully saturated rings. The molecule has 8 nitrogen and oxygen atoms in total. The molecule has 1 aromatic carbocycles. The largest absolute Gasteiger partial charge is 0.395 e. The van der Waals surface area contributed by atoms with Gasteiger partial charge in [0.25, 0.3) is 0 Å². The van der Waals surface area contributed by atoms with Crippen LogP contribution in [0.3, 0.4) is 0 Å². The van der Waals surface area contributed by atoms with Crippen molar-refractivity contribution in [3.63, 3.8) is 0 Å². The van der Waals surface area contributed by atoms with E-state index in [1.807, 2.05) is 32.7 Å². The number of hydrogen-bond acceptors (Lipinski definition) is 5. The van der Waals surface area contributed by atoms with E-state index in [0.717, 1.165) is 25.1 Å². The maximum Gasteiger partial charge on any atom is 0.343 e. The lowest BCUT2D eigenvalue weighted by molar-refractivity contribution is -0.125. The van der Waals surface area contributed by atoms with Crippen molar-refractivity contribution in [2.75, 3.05) is 31.6 Å². The lowest BCUT2D eigenvalue weighted by atomic mass is 9.86. The quantitative estimate of drug-likeness (QED) is 0.651. The Labute approximate surface area is 185 Å². The molecule has 1 aromatic heterocycles. The fourth-order valence-electron chi connectivity index (χ4n) is 3.81. The number of aromatic nitrogens is 2. The van der Waals surface area contributed by atoms with Gasteiger partial charge in [0.2, 0.25) is 5.91 Å². The molecule has 3 rings (SSSR count). The fraction of sp³-hybridized carbons (Fsp3) is 0.500. The summed E-state index contributed by atoms with van der Waals surface area (Å²) in [5.74, 6) is -2.38. The molecular formula is C22H29F2N5O3. The van der Waals surface area contributed by atoms with Gasteiger partial charge in [0.1, 0.15) is 11.7 Å². The van der Waals surface area contributed by atoms with Gasteiger partial charge < -0.3 is 20.6 Å². The Balaban J connectivity index is 2.00. The number of nitrogens with one attached hydrogen (secondary N) is 2. The highest BCUT2D eigenvalue weighted by atomic mass is 19.2. The average molecular weight is 450 g/mol. The van der Waals surface area contributed by atoms with Crippen LogP contribution in [0.15, 0.2) is 18.2 Å². The van der Waals surface area contributed by atoms with Crippen LogP contribution < -0.4 is 15.5 Å². The third-order valence-electron chi connectivity index (χ3n) is 5.43. The van der Waals surface area contributed by atoms with Crippen LogP contribution in [-0.4, -0.2) is 59.6 Å². The fourth-order valence-corrected chi connectivity index (χ4v) is 3.81. The van der Waals surface area contributed by atoms with E-state index in [9.17, 15) is 18.4 Å². The van der Waals surface area contributed by atoms with E-state index in [4.69, 9.17) is 5.11 Å². The number of halogens is 2. The first-order valence-corrected chi connectivity index (χ1v) is 10.5. The van der Waals surface area contributed by atoms with Crippen LogP contribution in [0, 0.1) is 17.0 Å². The molecule has 32 heavy (non-hydrogen) atoms. The van der Waals surface area contributed by atoms with Crippen molar-refractivity contribution in [2.24, 2.45) is 5.41 Å². The molecule has 2 amide bonds. The first-order valence-electron chi connectivity index (χ1n) is 10.5. The molecule has 3 N–H and O–H groups in total. The molecule has 0 bridgehead atoms. The van der Waals surface area contributed by atoms with E-state index in [-0.39, 0.29) is 13.2 Å². The molecule has 0 spiro atoms. The van der Waals surface area contributed by atoms with Gasteiger partial charge in [-0.05, 0) is 36.5 Å². The van der Waals surface area contributed by atoms with Gasteiger partial charge >= 0.3 is 6.03 Å². The minimum Gasteiger partial charge on any atom is -0.395 e. The third-order valence-corrected chi connectivity index (χ3v) is 5.43. The van der Waals surface area contributed by atoms with Gasteiger partial charge in [0.15, 0.2) is 11.6 Å². The summed E-state index contributed by atoms with van der Waals surface area (Å²) in [4.78, 5) is 27.8. The first kappa shape index (κ1) is 23.6. The summed E-state index contributed by atoms with van der Waals surface area (Å²) in [7, 11) is 1.85. The standard InChI is InChI=1S/C22H29F2N5O3/c1-22(2,3)19(20(31)25-9-11-30)26-21(32)29-16-6-5-10-28(4)18(16)17(27-29)13-7-8-14(23)15(24)12-13/h7-8,12,19,30H,5-6,9-11H2,1-4H3,(H,25,31)(H,26,32). The van der Waals surface area contributed by atoms with Gasteiger partial charge in [-0.3, -0.25) is 4.79 Å². The second-order valence-corrected chi connectivity index (χ2v) is 8.97. The summed E-state index contributed by atoms with van der Waals surface area (Å²) in [6, 6.07) is 2.04. The molecule has 2 heterocycles. The molecule has 1 atom stereocenters. The minimum atomic E-state index is -0.998. The molecular weight excluding hydrogens is 420 g/mol. The summed E-state index contributed by atoms with van der Waals surface area (Å²) >= 11 is 0. The van der Waals surface area contributed by atoms with E-state index in [1.165, 1.54) is 10.7 Å². The zero-order valence-corrected chi connectivity index (χ0v) is 18.7. The van der Waals surface area contributed by atoms with Crippen LogP contribution in [0.1, 0.15) is 32.9 Å². The Hall–Kier alpha value is -3.01. The zero-order chi connectivity index (χ0) is 23.6. The Morgan fingerprint density at radius 2 is 1.97 bits per heavy atom. The number of carbonyl (C=O) groups excluding carboxylic acids is 2. The molecule has 1 aliphatic rings. The highest BCUT2D eigenvalue weighted by Gasteiger charge is 2.35. The number of aliphatic hydroxyl groups is 1. The molecule has 0 saturated heterocycles. The highest BCUT2D eigenvalue weighted by molar-refractivity contribution is 5.90. The molecule has 0 aliphatic carbocycles. The van der Waals surface area contributed by atoms with Gasteiger partial charge in [-0.25, -0.2) is 13.6 Å². The van der Waals surface area contributed by atoms with Gasteiger partial charge in [0, 0.05) is 25.7 Å². The number of rotatable bonds is 5. The minimum absolute atomic E-state index is 0.0729. The molecule has 1 unspecified atom stereocenters. The van der Waals surface area contributed by atoms with E-state index in [2.05, 4.69) is 15.7 Å². The molecule has 174 valence electrons. The Morgan fingerprint density at radius 3 is 2.59 bits per heavy atom. The van der Waals surface area contributed by atoms with Crippen molar-refractivity contribution in [1.82, 2.24) is 20.4 Å². The van der Waals surface area contributed by atoms with Crippen LogP contribution in [0.25, 0.3) is 11.3 Å². The second kappa shape index (κ2) is 9.23. The normalized spacial score (nSPS) is 14.7. The lowest BCUT2D eigenvalue weighted by Gasteiger charge is -2.30. The van der Waals surface area contributed by atoms with Crippen LogP contribution in [-0.2, 0) is 11.2 Å². The van der Waals surface area contributed by atoms with Crippen molar-refractivity contribution >= 4 is 17.6 Å². The molecule has 2 aromatic rings. The Morgan fingerprint density at radius 1 is 1.25 bits per heavy atom.